The number of nitrogens with zero attached hydrogens (tertiary/aromatic N) is 1. The van der Waals surface area contributed by atoms with Crippen molar-refractivity contribution in [1.29, 1.82) is 0 Å². The lowest BCUT2D eigenvalue weighted by molar-refractivity contribution is 0.187. The van der Waals surface area contributed by atoms with Crippen LogP contribution < -0.4 is 5.32 Å². The van der Waals surface area contributed by atoms with Crippen LogP contribution in [0.5, 0.6) is 0 Å². The zero-order valence-electron chi connectivity index (χ0n) is 7.87. The smallest absolute Gasteiger partial charge is 0.0820 e. The SMILES string of the molecule is Clc1cnccc1NCC1CCOC1. The summed E-state index contributed by atoms with van der Waals surface area (Å²) in [6, 6.07) is 1.89. The maximum atomic E-state index is 5.95. The summed E-state index contributed by atoms with van der Waals surface area (Å²) in [6.07, 6.45) is 4.52. The van der Waals surface area contributed by atoms with Crippen molar-refractivity contribution < 1.29 is 4.74 Å². The number of pyridine rings is 1. The van der Waals surface area contributed by atoms with Gasteiger partial charge in [-0.05, 0) is 12.5 Å². The minimum absolute atomic E-state index is 0.610. The highest BCUT2D eigenvalue weighted by Gasteiger charge is 2.15. The van der Waals surface area contributed by atoms with Crippen LogP contribution in [0.25, 0.3) is 0 Å². The Hall–Kier alpha value is -0.800. The normalized spacial score (nSPS) is 21.1. The van der Waals surface area contributed by atoms with E-state index < -0.39 is 0 Å². The Morgan fingerprint density at radius 1 is 1.64 bits per heavy atom. The second-order valence-electron chi connectivity index (χ2n) is 3.47. The third-order valence-corrected chi connectivity index (χ3v) is 2.68. The monoisotopic (exact) mass is 212 g/mol. The molecule has 1 aliphatic rings. The van der Waals surface area contributed by atoms with E-state index in [2.05, 4.69) is 10.3 Å². The Balaban J connectivity index is 1.88. The predicted octanol–water partition coefficient (Wildman–Crippen LogP) is 2.18. The molecule has 0 aromatic carbocycles. The fraction of sp³-hybridized carbons (Fsp3) is 0.500. The summed E-state index contributed by atoms with van der Waals surface area (Å²) >= 11 is 5.95. The summed E-state index contributed by atoms with van der Waals surface area (Å²) in [5.41, 5.74) is 0.952. The largest absolute Gasteiger partial charge is 0.383 e. The van der Waals surface area contributed by atoms with Gasteiger partial charge in [-0.1, -0.05) is 11.6 Å². The maximum Gasteiger partial charge on any atom is 0.0820 e. The van der Waals surface area contributed by atoms with E-state index in [0.717, 1.165) is 31.9 Å². The predicted molar refractivity (Wildman–Crippen MR) is 56.7 cm³/mol. The lowest BCUT2D eigenvalue weighted by Crippen LogP contribution is -2.14. The zero-order valence-corrected chi connectivity index (χ0v) is 8.63. The van der Waals surface area contributed by atoms with E-state index in [4.69, 9.17) is 16.3 Å². The number of halogens is 1. The highest BCUT2D eigenvalue weighted by molar-refractivity contribution is 6.33. The van der Waals surface area contributed by atoms with Crippen LogP contribution in [0.15, 0.2) is 18.5 Å². The second-order valence-corrected chi connectivity index (χ2v) is 3.87. The Kier molecular flexibility index (Phi) is 3.22. The van der Waals surface area contributed by atoms with Gasteiger partial charge in [-0.2, -0.15) is 0 Å². The van der Waals surface area contributed by atoms with Gasteiger partial charge in [0.2, 0.25) is 0 Å². The van der Waals surface area contributed by atoms with E-state index in [1.165, 1.54) is 0 Å². The van der Waals surface area contributed by atoms with Crippen LogP contribution in [0.2, 0.25) is 5.02 Å². The van der Waals surface area contributed by atoms with Crippen molar-refractivity contribution >= 4 is 17.3 Å². The van der Waals surface area contributed by atoms with Gasteiger partial charge in [-0.3, -0.25) is 4.98 Å². The molecule has 0 spiro atoms. The van der Waals surface area contributed by atoms with Crippen molar-refractivity contribution in [3.05, 3.63) is 23.5 Å². The summed E-state index contributed by atoms with van der Waals surface area (Å²) < 4.78 is 5.29. The number of hydrogen-bond acceptors (Lipinski definition) is 3. The van der Waals surface area contributed by atoms with Crippen LogP contribution in [0.3, 0.4) is 0 Å². The number of rotatable bonds is 3. The van der Waals surface area contributed by atoms with Crippen molar-refractivity contribution in [1.82, 2.24) is 4.98 Å². The molecule has 76 valence electrons. The molecule has 0 radical (unpaired) electrons. The van der Waals surface area contributed by atoms with Gasteiger partial charge in [0.25, 0.3) is 0 Å². The second kappa shape index (κ2) is 4.62. The first-order chi connectivity index (χ1) is 6.86. The molecule has 1 N–H and O–H groups in total. The zero-order chi connectivity index (χ0) is 9.80. The topological polar surface area (TPSA) is 34.2 Å². The number of aromatic nitrogens is 1. The summed E-state index contributed by atoms with van der Waals surface area (Å²) in [5, 5.41) is 3.98. The van der Waals surface area contributed by atoms with Gasteiger partial charge in [-0.15, -0.1) is 0 Å². The number of ether oxygens (including phenoxy) is 1. The summed E-state index contributed by atoms with van der Waals surface area (Å²) in [5.74, 6) is 0.610. The Labute approximate surface area is 88.4 Å². The molecule has 0 bridgehead atoms. The molecule has 2 heterocycles. The third-order valence-electron chi connectivity index (χ3n) is 2.38. The average Bonchev–Trinajstić information content (AvgIpc) is 2.69. The first kappa shape index (κ1) is 9.74. The molecule has 1 aromatic heterocycles. The van der Waals surface area contributed by atoms with E-state index >= 15 is 0 Å². The minimum Gasteiger partial charge on any atom is -0.383 e. The van der Waals surface area contributed by atoms with Crippen LogP contribution in [0.1, 0.15) is 6.42 Å². The van der Waals surface area contributed by atoms with Gasteiger partial charge >= 0.3 is 0 Å². The molecule has 14 heavy (non-hydrogen) atoms. The van der Waals surface area contributed by atoms with Crippen molar-refractivity contribution in [3.8, 4) is 0 Å². The van der Waals surface area contributed by atoms with E-state index in [0.29, 0.717) is 10.9 Å². The van der Waals surface area contributed by atoms with Crippen LogP contribution in [-0.4, -0.2) is 24.7 Å². The van der Waals surface area contributed by atoms with Crippen molar-refractivity contribution in [2.24, 2.45) is 5.92 Å². The molecule has 3 nitrogen and oxygen atoms in total. The lowest BCUT2D eigenvalue weighted by atomic mass is 10.1. The quantitative estimate of drug-likeness (QED) is 0.834. The van der Waals surface area contributed by atoms with Gasteiger partial charge < -0.3 is 10.1 Å². The van der Waals surface area contributed by atoms with Crippen LogP contribution in [-0.2, 0) is 4.74 Å². The molecule has 1 unspecified atom stereocenters. The fourth-order valence-electron chi connectivity index (χ4n) is 1.52. The van der Waals surface area contributed by atoms with Gasteiger partial charge in [0.1, 0.15) is 0 Å². The van der Waals surface area contributed by atoms with Crippen LogP contribution >= 0.6 is 11.6 Å². The van der Waals surface area contributed by atoms with Crippen molar-refractivity contribution in [2.45, 2.75) is 6.42 Å². The molecule has 0 amide bonds. The standard InChI is InChI=1S/C10H13ClN2O/c11-9-6-12-3-1-10(9)13-5-8-2-4-14-7-8/h1,3,6,8H,2,4-5,7H2,(H,12,13). The molecule has 1 fully saturated rings. The Morgan fingerprint density at radius 2 is 2.57 bits per heavy atom. The summed E-state index contributed by atoms with van der Waals surface area (Å²) in [7, 11) is 0. The lowest BCUT2D eigenvalue weighted by Gasteiger charge is -2.11. The van der Waals surface area contributed by atoms with E-state index in [9.17, 15) is 0 Å². The molecule has 1 aliphatic heterocycles. The molecule has 1 aromatic rings. The molecule has 2 rings (SSSR count). The average molecular weight is 213 g/mol. The molecule has 0 aliphatic carbocycles. The van der Waals surface area contributed by atoms with E-state index in [-0.39, 0.29) is 0 Å². The fourth-order valence-corrected chi connectivity index (χ4v) is 1.70. The molecule has 1 atom stereocenters. The third kappa shape index (κ3) is 2.36. The molecular weight excluding hydrogens is 200 g/mol. The van der Waals surface area contributed by atoms with Crippen molar-refractivity contribution in [2.75, 3.05) is 25.1 Å². The molecule has 0 saturated carbocycles. The Bertz CT molecular complexity index is 300. The van der Waals surface area contributed by atoms with Gasteiger partial charge in [-0.25, -0.2) is 0 Å². The van der Waals surface area contributed by atoms with Gasteiger partial charge in [0.15, 0.2) is 0 Å². The highest BCUT2D eigenvalue weighted by atomic mass is 35.5. The Morgan fingerprint density at radius 3 is 3.29 bits per heavy atom. The summed E-state index contributed by atoms with van der Waals surface area (Å²) in [4.78, 5) is 3.93. The van der Waals surface area contributed by atoms with E-state index in [1.54, 1.807) is 12.4 Å². The first-order valence-electron chi connectivity index (χ1n) is 4.77. The first-order valence-corrected chi connectivity index (χ1v) is 5.15. The molecule has 1 saturated heterocycles. The molecule has 4 heteroatoms. The summed E-state index contributed by atoms with van der Waals surface area (Å²) in [6.45, 7) is 2.66. The van der Waals surface area contributed by atoms with Gasteiger partial charge in [0.05, 0.1) is 17.3 Å². The van der Waals surface area contributed by atoms with Gasteiger partial charge in [0, 0.05) is 31.5 Å². The maximum absolute atomic E-state index is 5.95. The van der Waals surface area contributed by atoms with E-state index in [1.807, 2.05) is 6.07 Å². The number of anilines is 1. The molecular formula is C10H13ClN2O. The van der Waals surface area contributed by atoms with Crippen LogP contribution in [0.4, 0.5) is 5.69 Å². The highest BCUT2D eigenvalue weighted by Crippen LogP contribution is 2.20. The van der Waals surface area contributed by atoms with Crippen LogP contribution in [0, 0.1) is 5.92 Å². The van der Waals surface area contributed by atoms with Crippen molar-refractivity contribution in [3.63, 3.8) is 0 Å². The number of hydrogen-bond donors (Lipinski definition) is 1. The number of nitrogens with one attached hydrogen (secondary N) is 1. The minimum atomic E-state index is 0.610.